The summed E-state index contributed by atoms with van der Waals surface area (Å²) in [7, 11) is 0. The molecule has 3 aromatic heterocycles. The number of halogens is 1. The monoisotopic (exact) mass is 529 g/mol. The maximum Gasteiger partial charge on any atom is 0.164 e. The fraction of sp³-hybridized carbons (Fsp3) is 0. The van der Waals surface area contributed by atoms with E-state index in [1.807, 2.05) is 72.8 Å². The molecule has 0 N–H and O–H groups in total. The highest BCUT2D eigenvalue weighted by Gasteiger charge is 2.18. The van der Waals surface area contributed by atoms with E-state index >= 15 is 0 Å². The Morgan fingerprint density at radius 3 is 2.26 bits per heavy atom. The first kappa shape index (κ1) is 16.8. The number of para-hydroxylation sites is 2. The summed E-state index contributed by atoms with van der Waals surface area (Å²) in [5.74, 6) is 0.555. The average Bonchev–Trinajstić information content (AvgIpc) is 3.66. The molecule has 0 aliphatic carbocycles. The van der Waals surface area contributed by atoms with Gasteiger partial charge in [-0.25, -0.2) is 15.0 Å². The summed E-state index contributed by atoms with van der Waals surface area (Å²) < 4.78 is 63.8. The summed E-state index contributed by atoms with van der Waals surface area (Å²) in [6.45, 7) is 0. The number of aromatic nitrogens is 3. The smallest absolute Gasteiger partial charge is 0.164 e. The van der Waals surface area contributed by atoms with Gasteiger partial charge in [-0.15, -0.1) is 0 Å². The van der Waals surface area contributed by atoms with Crippen molar-refractivity contribution in [3.8, 4) is 34.2 Å². The molecule has 8 rings (SSSR count). The average molecular weight is 530 g/mol. The molecule has 0 aliphatic rings. The van der Waals surface area contributed by atoms with E-state index in [0.717, 1.165) is 10.8 Å². The molecule has 0 radical (unpaired) electrons. The predicted octanol–water partition coefficient (Wildman–Crippen LogP) is 9.32. The molecule has 0 unspecified atom stereocenters. The van der Waals surface area contributed by atoms with Gasteiger partial charge in [0.1, 0.15) is 16.7 Å². The Morgan fingerprint density at radius 2 is 1.36 bits per heavy atom. The number of rotatable bonds is 3. The van der Waals surface area contributed by atoms with Crippen LogP contribution >= 0.6 is 11.6 Å². The van der Waals surface area contributed by atoms with Crippen LogP contribution in [0.5, 0.6) is 0 Å². The highest BCUT2D eigenvalue weighted by Crippen LogP contribution is 2.38. The largest absolute Gasteiger partial charge is 0.456 e. The van der Waals surface area contributed by atoms with E-state index in [1.165, 1.54) is 0 Å². The first-order chi connectivity index (χ1) is 21.7. The molecule has 5 aromatic carbocycles. The molecule has 0 aliphatic heterocycles. The van der Waals surface area contributed by atoms with E-state index in [2.05, 4.69) is 4.98 Å². The summed E-state index contributed by atoms with van der Waals surface area (Å²) in [6, 6.07) is 20.3. The van der Waals surface area contributed by atoms with Gasteiger partial charge in [-0.1, -0.05) is 90.4 Å². The van der Waals surface area contributed by atoms with Gasteiger partial charge in [-0.3, -0.25) is 0 Å². The Balaban J connectivity index is 1.46. The molecule has 0 fully saturated rings. The van der Waals surface area contributed by atoms with Crippen molar-refractivity contribution in [2.45, 2.75) is 0 Å². The Kier molecular flexibility index (Phi) is 3.66. The van der Waals surface area contributed by atoms with Gasteiger partial charge in [-0.2, -0.15) is 0 Å². The maximum absolute atomic E-state index is 9.15. The molecular formula is C33H18ClN3O2. The zero-order valence-electron chi connectivity index (χ0n) is 26.0. The molecule has 0 amide bonds. The second-order valence-electron chi connectivity index (χ2n) is 8.90. The molecule has 0 bridgehead atoms. The van der Waals surface area contributed by atoms with E-state index in [1.54, 1.807) is 0 Å². The van der Waals surface area contributed by atoms with Crippen LogP contribution in [0.4, 0.5) is 0 Å². The molecule has 184 valence electrons. The van der Waals surface area contributed by atoms with Crippen molar-refractivity contribution < 1.29 is 17.1 Å². The normalized spacial score (nSPS) is 13.9. The lowest BCUT2D eigenvalue weighted by Gasteiger charge is -2.09. The van der Waals surface area contributed by atoms with Crippen molar-refractivity contribution in [1.82, 2.24) is 15.0 Å². The fourth-order valence-corrected chi connectivity index (χ4v) is 4.97. The van der Waals surface area contributed by atoms with E-state index in [9.17, 15) is 0 Å². The first-order valence-corrected chi connectivity index (χ1v) is 12.5. The molecule has 5 nitrogen and oxygen atoms in total. The van der Waals surface area contributed by atoms with Gasteiger partial charge < -0.3 is 8.83 Å². The van der Waals surface area contributed by atoms with E-state index < -0.39 is 12.1 Å². The fourth-order valence-electron chi connectivity index (χ4n) is 4.78. The van der Waals surface area contributed by atoms with Crippen LogP contribution in [0.15, 0.2) is 118 Å². The van der Waals surface area contributed by atoms with Gasteiger partial charge in [0, 0.05) is 38.2 Å². The van der Waals surface area contributed by atoms with Gasteiger partial charge in [0.25, 0.3) is 0 Å². The Bertz CT molecular complexity index is 2530. The van der Waals surface area contributed by atoms with Crippen molar-refractivity contribution >= 4 is 55.5 Å². The molecule has 3 heterocycles. The summed E-state index contributed by atoms with van der Waals surface area (Å²) in [5, 5.41) is 1.47. The topological polar surface area (TPSA) is 65.0 Å². The van der Waals surface area contributed by atoms with Crippen molar-refractivity contribution in [3.63, 3.8) is 0 Å². The zero-order chi connectivity index (χ0) is 31.1. The Labute approximate surface area is 235 Å². The van der Waals surface area contributed by atoms with E-state index in [0.29, 0.717) is 28.1 Å². The number of benzene rings is 5. The van der Waals surface area contributed by atoms with Crippen molar-refractivity contribution in [3.05, 3.63) is 114 Å². The third kappa shape index (κ3) is 3.51. The number of furan rings is 2. The number of fused-ring (bicyclic) bond motifs is 6. The molecule has 8 aromatic rings. The highest BCUT2D eigenvalue weighted by atomic mass is 35.5. The second-order valence-corrected chi connectivity index (χ2v) is 9.28. The standard InChI is InChI=1S/C33H18ClN3O2/c34-25-13-6-11-22-21-17-16-20(18-28(21)39-30(22)25)32-35-31(19-8-2-1-3-9-19)36-33(37-32)24-12-7-15-27-29(24)23-10-4-5-14-26(23)38-27/h1-18H/i6D,11D,13D,16D,17D,18D. The lowest BCUT2D eigenvalue weighted by molar-refractivity contribution is 0.668. The number of hydrogen-bond donors (Lipinski definition) is 0. The molecule has 0 saturated carbocycles. The number of hydrogen-bond acceptors (Lipinski definition) is 5. The van der Waals surface area contributed by atoms with E-state index in [4.69, 9.17) is 38.6 Å². The molecule has 0 atom stereocenters. The maximum atomic E-state index is 9.15. The summed E-state index contributed by atoms with van der Waals surface area (Å²) in [5.41, 5.74) is 2.40. The highest BCUT2D eigenvalue weighted by molar-refractivity contribution is 6.35. The zero-order valence-corrected chi connectivity index (χ0v) is 20.7. The van der Waals surface area contributed by atoms with Crippen LogP contribution in [-0.2, 0) is 0 Å². The Morgan fingerprint density at radius 1 is 0.590 bits per heavy atom. The van der Waals surface area contributed by atoms with Crippen LogP contribution in [0.2, 0.25) is 5.02 Å². The number of nitrogens with zero attached hydrogens (tertiary/aromatic N) is 3. The Hall–Kier alpha value is -5.00. The minimum atomic E-state index is -0.438. The van der Waals surface area contributed by atoms with Gasteiger partial charge in [0.2, 0.25) is 0 Å². The molecule has 39 heavy (non-hydrogen) atoms. The lowest BCUT2D eigenvalue weighted by Crippen LogP contribution is -2.00. The van der Waals surface area contributed by atoms with Crippen molar-refractivity contribution in [2.24, 2.45) is 0 Å². The van der Waals surface area contributed by atoms with Crippen LogP contribution in [-0.4, -0.2) is 15.0 Å². The molecule has 0 saturated heterocycles. The van der Waals surface area contributed by atoms with Crippen LogP contribution in [0, 0.1) is 0 Å². The van der Waals surface area contributed by atoms with Crippen molar-refractivity contribution in [1.29, 1.82) is 0 Å². The third-order valence-corrected chi connectivity index (χ3v) is 6.82. The third-order valence-electron chi connectivity index (χ3n) is 6.55. The van der Waals surface area contributed by atoms with Crippen LogP contribution in [0.1, 0.15) is 8.22 Å². The second kappa shape index (κ2) is 8.51. The van der Waals surface area contributed by atoms with Gasteiger partial charge in [0.15, 0.2) is 23.1 Å². The first-order valence-electron chi connectivity index (χ1n) is 15.1. The lowest BCUT2D eigenvalue weighted by atomic mass is 10.1. The predicted molar refractivity (Wildman–Crippen MR) is 156 cm³/mol. The minimum Gasteiger partial charge on any atom is -0.456 e. The van der Waals surface area contributed by atoms with Crippen LogP contribution < -0.4 is 0 Å². The van der Waals surface area contributed by atoms with Gasteiger partial charge in [0.05, 0.1) is 13.2 Å². The summed E-state index contributed by atoms with van der Waals surface area (Å²) >= 11 is 6.34. The van der Waals surface area contributed by atoms with Crippen LogP contribution in [0.3, 0.4) is 0 Å². The summed E-state index contributed by atoms with van der Waals surface area (Å²) in [6.07, 6.45) is 0. The summed E-state index contributed by atoms with van der Waals surface area (Å²) in [4.78, 5) is 14.3. The molecular weight excluding hydrogens is 506 g/mol. The quantitative estimate of drug-likeness (QED) is 0.228. The van der Waals surface area contributed by atoms with Gasteiger partial charge >= 0.3 is 0 Å². The minimum absolute atomic E-state index is 0.00338. The molecule has 6 heteroatoms. The van der Waals surface area contributed by atoms with E-state index in [-0.39, 0.29) is 68.3 Å². The van der Waals surface area contributed by atoms with Crippen LogP contribution in [0.25, 0.3) is 78.0 Å². The van der Waals surface area contributed by atoms with Crippen molar-refractivity contribution in [2.75, 3.05) is 0 Å². The SMILES string of the molecule is [2H]c1c([2H])c([2H])c2c(oc3c([2H])c(-c4nc(-c5ccccc5)nc(-c5cccc6oc7ccccc7c56)n4)c([2H])c([2H])c32)c1Cl. The molecule has 0 spiro atoms. The van der Waals surface area contributed by atoms with Gasteiger partial charge in [-0.05, 0) is 30.3 Å².